The molecule has 1 spiro atoms. The average Bonchev–Trinajstić information content (AvgIpc) is 3.85. The molecule has 0 saturated carbocycles. The van der Waals surface area contributed by atoms with Gasteiger partial charge in [-0.3, -0.25) is 14.3 Å². The van der Waals surface area contributed by atoms with Gasteiger partial charge in [0.2, 0.25) is 0 Å². The molecule has 7 rings (SSSR count). The molecule has 12 heteroatoms. The van der Waals surface area contributed by atoms with Gasteiger partial charge in [0.1, 0.15) is 11.5 Å². The Hall–Kier alpha value is -5.30. The summed E-state index contributed by atoms with van der Waals surface area (Å²) < 4.78 is 19.8. The van der Waals surface area contributed by atoms with Gasteiger partial charge in [-0.15, -0.1) is 5.10 Å². The maximum atomic E-state index is 14.6. The maximum absolute atomic E-state index is 14.6. The number of aliphatic hydroxyl groups is 1. The van der Waals surface area contributed by atoms with E-state index in [1.165, 1.54) is 5.19 Å². The number of likely N-dealkylation sites (N-methyl/N-ethyl adjacent to an activating group) is 1. The number of hydrogen-bond donors (Lipinski definition) is 2. The number of rotatable bonds is 12. The summed E-state index contributed by atoms with van der Waals surface area (Å²) in [6.07, 6.45) is 2.17. The lowest BCUT2D eigenvalue weighted by atomic mass is 9.82. The number of carbonyl (C=O) groups excluding carboxylic acids is 2. The van der Waals surface area contributed by atoms with E-state index in [0.29, 0.717) is 35.7 Å². The second-order valence-corrected chi connectivity index (χ2v) is 19.5. The van der Waals surface area contributed by atoms with Gasteiger partial charge >= 0.3 is 0 Å². The van der Waals surface area contributed by atoms with Crippen molar-refractivity contribution < 1.29 is 28.9 Å². The summed E-state index contributed by atoms with van der Waals surface area (Å²) in [6, 6.07) is 30.6. The number of ether oxygens (including phenoxy) is 3. The van der Waals surface area contributed by atoms with Crippen LogP contribution in [0.4, 0.5) is 11.4 Å². The summed E-state index contributed by atoms with van der Waals surface area (Å²) in [7, 11) is 2.66. The van der Waals surface area contributed by atoms with Crippen molar-refractivity contribution in [1.29, 1.82) is 0 Å². The van der Waals surface area contributed by atoms with E-state index < -0.39 is 13.7 Å². The Morgan fingerprint density at radius 3 is 2.30 bits per heavy atom. The van der Waals surface area contributed by atoms with E-state index in [0.717, 1.165) is 22.6 Å². The fourth-order valence-corrected chi connectivity index (χ4v) is 12.7. The number of anilines is 2. The zero-order chi connectivity index (χ0) is 38.2. The SMILES string of the molecule is COc1ccc(C(=O)Nc2ccc3c(c2)[C@@]2(O[C@H](CCn4cc(C(CO)c5ccccc5)nn4)[C@@H]([Si](C)(C)c4ccc(OC)cc4)[C@@H]2C)C(=O)N3C)cc1. The number of amides is 2. The van der Waals surface area contributed by atoms with Crippen LogP contribution in [0, 0.1) is 5.92 Å². The average molecular weight is 746 g/mol. The highest BCUT2D eigenvalue weighted by Gasteiger charge is 2.65. The fraction of sp³-hybridized carbons (Fsp3) is 0.333. The minimum absolute atomic E-state index is 0.0178. The van der Waals surface area contributed by atoms with Crippen LogP contribution in [0.25, 0.3) is 0 Å². The van der Waals surface area contributed by atoms with E-state index in [2.05, 4.69) is 47.8 Å². The van der Waals surface area contributed by atoms with Crippen molar-refractivity contribution in [1.82, 2.24) is 15.0 Å². The topological polar surface area (TPSA) is 128 Å². The molecule has 0 aliphatic carbocycles. The quantitative estimate of drug-likeness (QED) is 0.150. The predicted octanol–water partition coefficient (Wildman–Crippen LogP) is 5.95. The summed E-state index contributed by atoms with van der Waals surface area (Å²) in [5, 5.41) is 23.4. The van der Waals surface area contributed by atoms with Gasteiger partial charge in [0.05, 0.1) is 52.3 Å². The second kappa shape index (κ2) is 14.8. The van der Waals surface area contributed by atoms with E-state index in [4.69, 9.17) is 14.2 Å². The van der Waals surface area contributed by atoms with E-state index in [9.17, 15) is 14.7 Å². The van der Waals surface area contributed by atoms with Crippen LogP contribution in [-0.4, -0.2) is 74.0 Å². The molecule has 5 aromatic rings. The first kappa shape index (κ1) is 37.0. The molecule has 54 heavy (non-hydrogen) atoms. The molecule has 1 fully saturated rings. The lowest BCUT2D eigenvalue weighted by Crippen LogP contribution is -2.51. The van der Waals surface area contributed by atoms with Crippen LogP contribution in [-0.2, 0) is 21.7 Å². The van der Waals surface area contributed by atoms with Gasteiger partial charge in [-0.05, 0) is 72.1 Å². The fourth-order valence-electron chi connectivity index (χ4n) is 8.61. The van der Waals surface area contributed by atoms with Gasteiger partial charge in [-0.1, -0.05) is 72.9 Å². The van der Waals surface area contributed by atoms with Crippen LogP contribution in [0.1, 0.15) is 46.4 Å². The summed E-state index contributed by atoms with van der Waals surface area (Å²) in [6.45, 7) is 7.26. The maximum Gasteiger partial charge on any atom is 0.264 e. The highest BCUT2D eigenvalue weighted by molar-refractivity contribution is 6.91. The third-order valence-electron chi connectivity index (χ3n) is 11.5. The van der Waals surface area contributed by atoms with E-state index in [1.54, 1.807) is 50.4 Å². The Labute approximate surface area is 316 Å². The predicted molar refractivity (Wildman–Crippen MR) is 210 cm³/mol. The number of nitrogens with one attached hydrogen (secondary N) is 1. The summed E-state index contributed by atoms with van der Waals surface area (Å²) in [4.78, 5) is 29.6. The minimum atomic E-state index is -2.38. The molecule has 280 valence electrons. The van der Waals surface area contributed by atoms with Crippen LogP contribution in [0.2, 0.25) is 18.6 Å². The molecule has 5 atom stereocenters. The monoisotopic (exact) mass is 745 g/mol. The number of nitrogens with zero attached hydrogens (tertiary/aromatic N) is 4. The van der Waals surface area contributed by atoms with Crippen LogP contribution >= 0.6 is 0 Å². The van der Waals surface area contributed by atoms with E-state index in [-0.39, 0.29) is 41.9 Å². The molecule has 2 amide bonds. The number of aryl methyl sites for hydroxylation is 1. The zero-order valence-corrected chi connectivity index (χ0v) is 32.5. The van der Waals surface area contributed by atoms with Gasteiger partial charge in [-0.2, -0.15) is 0 Å². The molecule has 1 saturated heterocycles. The minimum Gasteiger partial charge on any atom is -0.497 e. The molecule has 1 aromatic heterocycles. The number of aromatic nitrogens is 3. The molecule has 3 heterocycles. The first-order chi connectivity index (χ1) is 26.0. The van der Waals surface area contributed by atoms with Crippen LogP contribution in [0.3, 0.4) is 0 Å². The first-order valence-electron chi connectivity index (χ1n) is 18.3. The second-order valence-electron chi connectivity index (χ2n) is 14.8. The number of aliphatic hydroxyl groups excluding tert-OH is 1. The van der Waals surface area contributed by atoms with E-state index >= 15 is 0 Å². The van der Waals surface area contributed by atoms with Gasteiger partial charge < -0.3 is 29.5 Å². The molecule has 11 nitrogen and oxygen atoms in total. The Balaban J connectivity index is 1.23. The molecule has 2 aliphatic rings. The van der Waals surface area contributed by atoms with Crippen molar-refractivity contribution in [3.63, 3.8) is 0 Å². The highest BCUT2D eigenvalue weighted by atomic mass is 28.3. The third kappa shape index (κ3) is 6.48. The van der Waals surface area contributed by atoms with Gasteiger partial charge in [0.25, 0.3) is 11.8 Å². The van der Waals surface area contributed by atoms with Crippen molar-refractivity contribution in [2.24, 2.45) is 5.92 Å². The van der Waals surface area contributed by atoms with Crippen LogP contribution < -0.4 is 24.9 Å². The first-order valence-corrected chi connectivity index (χ1v) is 21.4. The van der Waals surface area contributed by atoms with Crippen LogP contribution in [0.5, 0.6) is 11.5 Å². The van der Waals surface area contributed by atoms with Gasteiger partial charge in [0, 0.05) is 42.5 Å². The molecular weight excluding hydrogens is 699 g/mol. The van der Waals surface area contributed by atoms with Gasteiger partial charge in [-0.25, -0.2) is 0 Å². The Kier molecular flexibility index (Phi) is 10.2. The summed E-state index contributed by atoms with van der Waals surface area (Å²) in [5.74, 6) is 0.567. The zero-order valence-electron chi connectivity index (χ0n) is 31.5. The molecule has 1 unspecified atom stereocenters. The lowest BCUT2D eigenvalue weighted by molar-refractivity contribution is -0.145. The number of hydrogen-bond acceptors (Lipinski definition) is 8. The Morgan fingerprint density at radius 2 is 1.65 bits per heavy atom. The molecular formula is C42H47N5O6Si. The van der Waals surface area contributed by atoms with Crippen molar-refractivity contribution in [3.05, 3.63) is 126 Å². The number of benzene rings is 4. The Morgan fingerprint density at radius 1 is 0.981 bits per heavy atom. The Bertz CT molecular complexity index is 2120. The molecule has 2 N–H and O–H groups in total. The van der Waals surface area contributed by atoms with Crippen molar-refractivity contribution in [2.45, 2.75) is 56.1 Å². The van der Waals surface area contributed by atoms with Crippen molar-refractivity contribution in [3.8, 4) is 11.5 Å². The number of methoxy groups -OCH3 is 2. The van der Waals surface area contributed by atoms with E-state index in [1.807, 2.05) is 71.5 Å². The molecule has 4 aromatic carbocycles. The highest BCUT2D eigenvalue weighted by Crippen LogP contribution is 2.60. The summed E-state index contributed by atoms with van der Waals surface area (Å²) >= 11 is 0. The number of fused-ring (bicyclic) bond motifs is 2. The van der Waals surface area contributed by atoms with Crippen LogP contribution in [0.15, 0.2) is 103 Å². The van der Waals surface area contributed by atoms with Crippen molar-refractivity contribution >= 4 is 36.4 Å². The number of carbonyl (C=O) groups is 2. The largest absolute Gasteiger partial charge is 0.497 e. The van der Waals surface area contributed by atoms with Gasteiger partial charge in [0.15, 0.2) is 5.60 Å². The summed E-state index contributed by atoms with van der Waals surface area (Å²) in [5.41, 5.74) is 2.98. The normalized spacial score (nSPS) is 21.3. The standard InChI is InChI=1S/C42H47N5O6Si/c1-27-39(54(5,6)33-19-17-32(52-4)18-20-33)38(22-23-47-25-36(44-45-47)34(26-48)28-10-8-7-9-11-28)53-42(27)35-24-30(14-21-37(35)46(2)41(42)50)43-40(49)29-12-15-31(51-3)16-13-29/h7-21,24-25,27,34,38-39,48H,22-23,26H2,1-6H3,(H,43,49)/t27-,34?,38+,39-,42+/m0/s1. The molecule has 2 aliphatic heterocycles. The third-order valence-corrected chi connectivity index (χ3v) is 15.9. The smallest absolute Gasteiger partial charge is 0.264 e. The lowest BCUT2D eigenvalue weighted by Gasteiger charge is -2.37. The molecule has 0 bridgehead atoms. The molecule has 0 radical (unpaired) electrons. The van der Waals surface area contributed by atoms with Crippen molar-refractivity contribution in [2.75, 3.05) is 38.1 Å².